The van der Waals surface area contributed by atoms with Crippen LogP contribution in [-0.4, -0.2) is 37.2 Å². The van der Waals surface area contributed by atoms with Gasteiger partial charge in [-0.2, -0.15) is 0 Å². The highest BCUT2D eigenvalue weighted by atomic mass is 16.5. The predicted molar refractivity (Wildman–Crippen MR) is 75.1 cm³/mol. The van der Waals surface area contributed by atoms with E-state index in [2.05, 4.69) is 36.9 Å². The Labute approximate surface area is 110 Å². The summed E-state index contributed by atoms with van der Waals surface area (Å²) < 4.78 is 5.80. The van der Waals surface area contributed by atoms with Gasteiger partial charge in [0.2, 0.25) is 0 Å². The second kappa shape index (κ2) is 6.21. The summed E-state index contributed by atoms with van der Waals surface area (Å²) >= 11 is 0. The van der Waals surface area contributed by atoms with Crippen molar-refractivity contribution in [3.05, 3.63) is 29.3 Å². The average Bonchev–Trinajstić information content (AvgIpc) is 2.69. The Morgan fingerprint density at radius 2 is 2.00 bits per heavy atom. The highest BCUT2D eigenvalue weighted by Gasteiger charge is 2.17. The maximum absolute atomic E-state index is 5.88. The number of ether oxygens (including phenoxy) is 1. The highest BCUT2D eigenvalue weighted by molar-refractivity contribution is 5.32. The molecule has 3 heteroatoms. The van der Waals surface area contributed by atoms with Crippen LogP contribution in [0.5, 0.6) is 5.75 Å². The van der Waals surface area contributed by atoms with Crippen LogP contribution in [0.4, 0.5) is 0 Å². The van der Waals surface area contributed by atoms with Gasteiger partial charge in [-0.05, 0) is 56.5 Å². The van der Waals surface area contributed by atoms with Crippen molar-refractivity contribution in [2.75, 3.05) is 26.2 Å². The zero-order valence-electron chi connectivity index (χ0n) is 11.5. The maximum Gasteiger partial charge on any atom is 0.119 e. The minimum absolute atomic E-state index is 0.380. The predicted octanol–water partition coefficient (Wildman–Crippen LogP) is 2.11. The van der Waals surface area contributed by atoms with E-state index in [1.54, 1.807) is 0 Å². The molecular weight excluding hydrogens is 224 g/mol. The molecule has 0 aromatic heterocycles. The van der Waals surface area contributed by atoms with Crippen molar-refractivity contribution in [2.45, 2.75) is 32.7 Å². The normalized spacial score (nSPS) is 20.3. The zero-order chi connectivity index (χ0) is 13.0. The SMILES string of the molecule is Cc1cc(C)cc(OCCCN2CCC(N)C2)c1. The third-order valence-electron chi connectivity index (χ3n) is 3.39. The number of nitrogens with zero attached hydrogens (tertiary/aromatic N) is 1. The van der Waals surface area contributed by atoms with E-state index in [4.69, 9.17) is 10.5 Å². The topological polar surface area (TPSA) is 38.5 Å². The van der Waals surface area contributed by atoms with Crippen LogP contribution in [0.1, 0.15) is 24.0 Å². The molecule has 0 aliphatic carbocycles. The van der Waals surface area contributed by atoms with Crippen LogP contribution < -0.4 is 10.5 Å². The summed E-state index contributed by atoms with van der Waals surface area (Å²) in [5.74, 6) is 0.991. The minimum Gasteiger partial charge on any atom is -0.494 e. The van der Waals surface area contributed by atoms with E-state index in [-0.39, 0.29) is 0 Å². The van der Waals surface area contributed by atoms with E-state index in [0.717, 1.165) is 44.8 Å². The fourth-order valence-corrected chi connectivity index (χ4v) is 2.56. The summed E-state index contributed by atoms with van der Waals surface area (Å²) in [7, 11) is 0. The summed E-state index contributed by atoms with van der Waals surface area (Å²) in [4.78, 5) is 2.43. The first kappa shape index (κ1) is 13.4. The van der Waals surface area contributed by atoms with Crippen LogP contribution in [0, 0.1) is 13.8 Å². The molecule has 1 aliphatic rings. The molecule has 3 nitrogen and oxygen atoms in total. The van der Waals surface area contributed by atoms with Gasteiger partial charge in [0, 0.05) is 19.1 Å². The van der Waals surface area contributed by atoms with Gasteiger partial charge in [0.25, 0.3) is 0 Å². The lowest BCUT2D eigenvalue weighted by Gasteiger charge is -2.15. The monoisotopic (exact) mass is 248 g/mol. The molecule has 0 amide bonds. The van der Waals surface area contributed by atoms with E-state index < -0.39 is 0 Å². The van der Waals surface area contributed by atoms with Crippen LogP contribution in [0.25, 0.3) is 0 Å². The average molecular weight is 248 g/mol. The number of benzene rings is 1. The molecule has 1 unspecified atom stereocenters. The van der Waals surface area contributed by atoms with Crippen LogP contribution in [0.3, 0.4) is 0 Å². The Morgan fingerprint density at radius 3 is 2.61 bits per heavy atom. The number of hydrogen-bond acceptors (Lipinski definition) is 3. The van der Waals surface area contributed by atoms with E-state index in [9.17, 15) is 0 Å². The van der Waals surface area contributed by atoms with Crippen molar-refractivity contribution in [1.29, 1.82) is 0 Å². The van der Waals surface area contributed by atoms with E-state index >= 15 is 0 Å². The van der Waals surface area contributed by atoms with Crippen LogP contribution in [0.2, 0.25) is 0 Å². The number of rotatable bonds is 5. The molecule has 18 heavy (non-hydrogen) atoms. The van der Waals surface area contributed by atoms with Crippen molar-refractivity contribution in [3.63, 3.8) is 0 Å². The molecule has 0 radical (unpaired) electrons. The van der Waals surface area contributed by atoms with Crippen molar-refractivity contribution in [2.24, 2.45) is 5.73 Å². The summed E-state index contributed by atoms with van der Waals surface area (Å²) in [5.41, 5.74) is 8.40. The van der Waals surface area contributed by atoms with Gasteiger partial charge in [-0.3, -0.25) is 0 Å². The molecule has 2 N–H and O–H groups in total. The number of likely N-dealkylation sites (tertiary alicyclic amines) is 1. The maximum atomic E-state index is 5.88. The Bertz CT molecular complexity index is 372. The first-order valence-corrected chi connectivity index (χ1v) is 6.82. The largest absolute Gasteiger partial charge is 0.494 e. The molecule has 100 valence electrons. The standard InChI is InChI=1S/C15H24N2O/c1-12-8-13(2)10-15(9-12)18-7-3-5-17-6-4-14(16)11-17/h8-10,14H,3-7,11,16H2,1-2H3. The molecule has 0 saturated carbocycles. The Kier molecular flexibility index (Phi) is 4.61. The van der Waals surface area contributed by atoms with Gasteiger partial charge in [-0.25, -0.2) is 0 Å². The molecular formula is C15H24N2O. The summed E-state index contributed by atoms with van der Waals surface area (Å²) in [6.07, 6.45) is 2.21. The Hall–Kier alpha value is -1.06. The van der Waals surface area contributed by atoms with Crippen LogP contribution in [-0.2, 0) is 0 Å². The summed E-state index contributed by atoms with van der Waals surface area (Å²) in [5, 5.41) is 0. The molecule has 1 aliphatic heterocycles. The molecule has 1 fully saturated rings. The molecule has 0 spiro atoms. The first-order valence-electron chi connectivity index (χ1n) is 6.82. The van der Waals surface area contributed by atoms with Gasteiger partial charge in [-0.1, -0.05) is 6.07 Å². The molecule has 2 rings (SSSR count). The molecule has 1 aromatic rings. The third-order valence-corrected chi connectivity index (χ3v) is 3.39. The van der Waals surface area contributed by atoms with Gasteiger partial charge in [0.05, 0.1) is 6.61 Å². The first-order chi connectivity index (χ1) is 8.63. The fourth-order valence-electron chi connectivity index (χ4n) is 2.56. The lowest BCUT2D eigenvalue weighted by Crippen LogP contribution is -2.28. The molecule has 1 heterocycles. The lowest BCUT2D eigenvalue weighted by atomic mass is 10.1. The number of nitrogens with two attached hydrogens (primary N) is 1. The fraction of sp³-hybridized carbons (Fsp3) is 0.600. The van der Waals surface area contributed by atoms with Crippen LogP contribution in [0.15, 0.2) is 18.2 Å². The second-order valence-corrected chi connectivity index (χ2v) is 5.37. The zero-order valence-corrected chi connectivity index (χ0v) is 11.5. The second-order valence-electron chi connectivity index (χ2n) is 5.37. The van der Waals surface area contributed by atoms with Crippen LogP contribution >= 0.6 is 0 Å². The third kappa shape index (κ3) is 4.00. The Balaban J connectivity index is 1.68. The van der Waals surface area contributed by atoms with Gasteiger partial charge in [-0.15, -0.1) is 0 Å². The summed E-state index contributed by atoms with van der Waals surface area (Å²) in [6, 6.07) is 6.74. The molecule has 0 bridgehead atoms. The minimum atomic E-state index is 0.380. The van der Waals surface area contributed by atoms with E-state index in [0.29, 0.717) is 6.04 Å². The van der Waals surface area contributed by atoms with Crippen molar-refractivity contribution >= 4 is 0 Å². The van der Waals surface area contributed by atoms with Gasteiger partial charge in [0.15, 0.2) is 0 Å². The lowest BCUT2D eigenvalue weighted by molar-refractivity contribution is 0.261. The number of hydrogen-bond donors (Lipinski definition) is 1. The molecule has 1 aromatic carbocycles. The summed E-state index contributed by atoms with van der Waals surface area (Å²) in [6.45, 7) is 8.28. The number of aryl methyl sites for hydroxylation is 2. The van der Waals surface area contributed by atoms with Crippen molar-refractivity contribution in [1.82, 2.24) is 4.90 Å². The van der Waals surface area contributed by atoms with Crippen molar-refractivity contribution < 1.29 is 4.74 Å². The molecule has 1 saturated heterocycles. The molecule has 1 atom stereocenters. The highest BCUT2D eigenvalue weighted by Crippen LogP contribution is 2.16. The van der Waals surface area contributed by atoms with E-state index in [1.807, 2.05) is 0 Å². The van der Waals surface area contributed by atoms with Gasteiger partial charge >= 0.3 is 0 Å². The van der Waals surface area contributed by atoms with E-state index in [1.165, 1.54) is 11.1 Å². The van der Waals surface area contributed by atoms with Gasteiger partial charge < -0.3 is 15.4 Å². The Morgan fingerprint density at radius 1 is 1.28 bits per heavy atom. The van der Waals surface area contributed by atoms with Crippen molar-refractivity contribution in [3.8, 4) is 5.75 Å². The van der Waals surface area contributed by atoms with Gasteiger partial charge in [0.1, 0.15) is 5.75 Å². The smallest absolute Gasteiger partial charge is 0.119 e. The quantitative estimate of drug-likeness (QED) is 0.811.